The third-order valence-corrected chi connectivity index (χ3v) is 9.39. The van der Waals surface area contributed by atoms with E-state index in [4.69, 9.17) is 9.26 Å². The molecule has 0 radical (unpaired) electrons. The van der Waals surface area contributed by atoms with Crippen molar-refractivity contribution in [2.75, 3.05) is 47.4 Å². The minimum atomic E-state index is -3.76. The summed E-state index contributed by atoms with van der Waals surface area (Å²) in [5.41, 5.74) is 1.16. The molecule has 36 heavy (non-hydrogen) atoms. The molecule has 1 aromatic heterocycles. The van der Waals surface area contributed by atoms with Crippen molar-refractivity contribution in [3.63, 3.8) is 0 Å². The molecule has 1 aliphatic heterocycles. The van der Waals surface area contributed by atoms with Crippen LogP contribution in [0.1, 0.15) is 53.3 Å². The van der Waals surface area contributed by atoms with Gasteiger partial charge in [-0.15, -0.1) is 0 Å². The molecule has 0 spiro atoms. The maximum Gasteiger partial charge on any atom is 0.295 e. The third kappa shape index (κ3) is 5.73. The number of hydrogen-bond donors (Lipinski definition) is 0. The second-order valence-corrected chi connectivity index (χ2v) is 12.0. The number of aromatic nitrogens is 2. The van der Waals surface area contributed by atoms with Crippen LogP contribution in [0.25, 0.3) is 0 Å². The van der Waals surface area contributed by atoms with Crippen LogP contribution in [0.3, 0.4) is 0 Å². The summed E-state index contributed by atoms with van der Waals surface area (Å²) in [6.45, 7) is 7.70. The van der Waals surface area contributed by atoms with Gasteiger partial charge in [-0.2, -0.15) is 4.98 Å². The highest BCUT2D eigenvalue weighted by atomic mass is 32.2. The smallest absolute Gasteiger partial charge is 0.295 e. The largest absolute Gasteiger partial charge is 0.497 e. The van der Waals surface area contributed by atoms with Crippen LogP contribution >= 0.6 is 0 Å². The Kier molecular flexibility index (Phi) is 8.01. The van der Waals surface area contributed by atoms with Crippen LogP contribution in [0.5, 0.6) is 5.75 Å². The molecule has 2 aromatic rings. The molecule has 1 saturated carbocycles. The first kappa shape index (κ1) is 26.6. The van der Waals surface area contributed by atoms with Gasteiger partial charge in [0.1, 0.15) is 11.5 Å². The molecular weight excluding hydrogens is 482 g/mol. The van der Waals surface area contributed by atoms with Crippen LogP contribution in [0.4, 0.5) is 0 Å². The molecule has 1 aliphatic carbocycles. The summed E-state index contributed by atoms with van der Waals surface area (Å²) in [5.74, 6) is -0.425. The monoisotopic (exact) mass is 519 g/mol. The Morgan fingerprint density at radius 1 is 1.17 bits per heavy atom. The lowest BCUT2D eigenvalue weighted by molar-refractivity contribution is 0.0486. The Morgan fingerprint density at radius 3 is 2.47 bits per heavy atom. The first-order chi connectivity index (χ1) is 17.1. The van der Waals surface area contributed by atoms with Crippen LogP contribution in [-0.2, 0) is 15.6 Å². The number of hydrogen-bond acceptors (Lipinski definition) is 9. The molecule has 2 atom stereocenters. The highest BCUT2D eigenvalue weighted by Crippen LogP contribution is 2.29. The van der Waals surface area contributed by atoms with E-state index in [0.29, 0.717) is 22.9 Å². The van der Waals surface area contributed by atoms with Crippen molar-refractivity contribution in [3.05, 3.63) is 35.0 Å². The normalized spacial score (nSPS) is 21.9. The molecule has 2 aliphatic rings. The molecule has 2 fully saturated rings. The number of benzene rings is 1. The number of likely N-dealkylation sites (N-methyl/N-ethyl adjacent to an activating group) is 1. The predicted molar refractivity (Wildman–Crippen MR) is 135 cm³/mol. The number of rotatable bonds is 7. The minimum absolute atomic E-state index is 0.0891. The highest BCUT2D eigenvalue weighted by Gasteiger charge is 2.33. The second-order valence-electron chi connectivity index (χ2n) is 10.1. The number of nitrogens with zero attached hydrogens (tertiary/aromatic N) is 5. The molecule has 4 rings (SSSR count). The van der Waals surface area contributed by atoms with Gasteiger partial charge in [-0.1, -0.05) is 5.16 Å². The Bertz CT molecular complexity index is 1170. The summed E-state index contributed by atoms with van der Waals surface area (Å²) in [7, 11) is 1.70. The fraction of sp³-hybridized carbons (Fsp3) is 0.640. The molecule has 2 heterocycles. The van der Waals surface area contributed by atoms with E-state index in [1.54, 1.807) is 37.9 Å². The molecule has 10 nitrogen and oxygen atoms in total. The first-order valence-corrected chi connectivity index (χ1v) is 14.1. The summed E-state index contributed by atoms with van der Waals surface area (Å²) in [4.78, 5) is 24.1. The number of carbonyl (C=O) groups excluding carboxylic acids is 1. The molecule has 1 saturated heterocycles. The lowest BCUT2D eigenvalue weighted by Gasteiger charge is -2.43. The topological polar surface area (TPSA) is 109 Å². The van der Waals surface area contributed by atoms with Gasteiger partial charge in [-0.25, -0.2) is 8.42 Å². The average Bonchev–Trinajstić information content (AvgIpc) is 3.30. The van der Waals surface area contributed by atoms with E-state index in [0.717, 1.165) is 51.9 Å². The van der Waals surface area contributed by atoms with Crippen molar-refractivity contribution >= 4 is 15.7 Å². The van der Waals surface area contributed by atoms with Gasteiger partial charge in [0.25, 0.3) is 11.7 Å². The third-order valence-electron chi connectivity index (χ3n) is 7.49. The van der Waals surface area contributed by atoms with Crippen molar-refractivity contribution < 1.29 is 22.5 Å². The van der Waals surface area contributed by atoms with Gasteiger partial charge in [0.2, 0.25) is 5.89 Å². The van der Waals surface area contributed by atoms with Crippen LogP contribution in [0.15, 0.2) is 21.6 Å². The maximum atomic E-state index is 13.2. The average molecular weight is 520 g/mol. The molecular formula is C25H37N5O5S. The molecule has 1 aromatic carbocycles. The zero-order valence-electron chi connectivity index (χ0n) is 21.9. The van der Waals surface area contributed by atoms with Gasteiger partial charge >= 0.3 is 0 Å². The lowest BCUT2D eigenvalue weighted by Crippen LogP contribution is -2.52. The van der Waals surface area contributed by atoms with E-state index in [9.17, 15) is 13.2 Å². The van der Waals surface area contributed by atoms with E-state index in [1.165, 1.54) is 7.11 Å². The lowest BCUT2D eigenvalue weighted by atomic mass is 9.88. The minimum Gasteiger partial charge on any atom is -0.497 e. The van der Waals surface area contributed by atoms with Crippen LogP contribution in [-0.4, -0.2) is 98.6 Å². The second kappa shape index (κ2) is 10.9. The molecule has 0 N–H and O–H groups in total. The number of sulfone groups is 1. The van der Waals surface area contributed by atoms with Gasteiger partial charge < -0.3 is 19.1 Å². The Labute approximate surface area is 213 Å². The summed E-state index contributed by atoms with van der Waals surface area (Å²) in [6, 6.07) is 3.91. The fourth-order valence-electron chi connectivity index (χ4n) is 5.49. The molecule has 11 heteroatoms. The number of aryl methyl sites for hydroxylation is 2. The standard InChI is InChI=1S/C25H37N5O5S/c1-17-13-21(34-5)14-18(2)23(17)36(32,33)16-22-26-24(27-35-22)25(31)29(4)19-7-6-8-20(15-19)30-11-9-28(3)10-12-30/h13-14,19-20H,6-12,15-16H2,1-5H3/t19-,20+/m0/s1. The van der Waals surface area contributed by atoms with Gasteiger partial charge in [0, 0.05) is 45.3 Å². The van der Waals surface area contributed by atoms with Crippen molar-refractivity contribution in [3.8, 4) is 5.75 Å². The van der Waals surface area contributed by atoms with Gasteiger partial charge in [-0.05, 0) is 69.8 Å². The van der Waals surface area contributed by atoms with Crippen LogP contribution in [0.2, 0.25) is 0 Å². The number of methoxy groups -OCH3 is 1. The van der Waals surface area contributed by atoms with E-state index in [1.807, 2.05) is 0 Å². The Hall–Kier alpha value is -2.50. The first-order valence-electron chi connectivity index (χ1n) is 12.5. The van der Waals surface area contributed by atoms with E-state index >= 15 is 0 Å². The Morgan fingerprint density at radius 2 is 1.83 bits per heavy atom. The van der Waals surface area contributed by atoms with Crippen LogP contribution < -0.4 is 4.74 Å². The molecule has 1 amide bonds. The zero-order valence-corrected chi connectivity index (χ0v) is 22.7. The number of carbonyl (C=O) groups is 1. The quantitative estimate of drug-likeness (QED) is 0.544. The van der Waals surface area contributed by atoms with Crippen molar-refractivity contribution in [2.45, 2.75) is 62.3 Å². The van der Waals surface area contributed by atoms with Crippen molar-refractivity contribution in [1.82, 2.24) is 24.8 Å². The van der Waals surface area contributed by atoms with Crippen molar-refractivity contribution in [2.24, 2.45) is 0 Å². The highest BCUT2D eigenvalue weighted by molar-refractivity contribution is 7.90. The molecule has 0 unspecified atom stereocenters. The van der Waals surface area contributed by atoms with Gasteiger partial charge in [-0.3, -0.25) is 9.69 Å². The molecule has 0 bridgehead atoms. The van der Waals surface area contributed by atoms with E-state index < -0.39 is 15.6 Å². The fourth-order valence-corrected chi connectivity index (χ4v) is 7.17. The van der Waals surface area contributed by atoms with Crippen molar-refractivity contribution in [1.29, 1.82) is 0 Å². The van der Waals surface area contributed by atoms with Gasteiger partial charge in [0.05, 0.1) is 12.0 Å². The molecule has 198 valence electrons. The summed E-state index contributed by atoms with van der Waals surface area (Å²) in [5, 5.41) is 3.82. The van der Waals surface area contributed by atoms with Gasteiger partial charge in [0.15, 0.2) is 9.84 Å². The maximum absolute atomic E-state index is 13.2. The zero-order chi connectivity index (χ0) is 26.0. The number of ether oxygens (including phenoxy) is 1. The SMILES string of the molecule is COc1cc(C)c(S(=O)(=O)Cc2nc(C(=O)N(C)[C@H]3CCC[C@@H](N4CCN(C)CC4)C3)no2)c(C)c1. The summed E-state index contributed by atoms with van der Waals surface area (Å²) < 4.78 is 36.7. The number of piperazine rings is 1. The van der Waals surface area contributed by atoms with Crippen LogP contribution in [0, 0.1) is 13.8 Å². The van der Waals surface area contributed by atoms with E-state index in [2.05, 4.69) is 27.0 Å². The van der Waals surface area contributed by atoms with E-state index in [-0.39, 0.29) is 28.6 Å². The Balaban J connectivity index is 1.42. The predicted octanol–water partition coefficient (Wildman–Crippen LogP) is 2.30. The number of amides is 1. The summed E-state index contributed by atoms with van der Waals surface area (Å²) >= 11 is 0. The summed E-state index contributed by atoms with van der Waals surface area (Å²) in [6.07, 6.45) is 4.06.